The number of carbonyl (C=O) groups excluding carboxylic acids is 1. The van der Waals surface area contributed by atoms with E-state index in [2.05, 4.69) is 16.4 Å². The number of amides is 1. The second kappa shape index (κ2) is 9.40. The number of nitrogens with one attached hydrogen (secondary N) is 1. The minimum absolute atomic E-state index is 0.174. The quantitative estimate of drug-likeness (QED) is 0.371. The summed E-state index contributed by atoms with van der Waals surface area (Å²) in [6.07, 6.45) is 0. The Labute approximate surface area is 183 Å². The molecule has 1 N–H and O–H groups in total. The van der Waals surface area contributed by atoms with Crippen LogP contribution in [0.5, 0.6) is 0 Å². The van der Waals surface area contributed by atoms with Gasteiger partial charge in [0.25, 0.3) is 5.91 Å². The first kappa shape index (κ1) is 19.9. The third-order valence-electron chi connectivity index (χ3n) is 4.40. The van der Waals surface area contributed by atoms with Crippen LogP contribution in [0.2, 0.25) is 0 Å². The van der Waals surface area contributed by atoms with Gasteiger partial charge in [-0.25, -0.2) is 4.98 Å². The Morgan fingerprint density at radius 1 is 1.00 bits per heavy atom. The molecule has 0 bridgehead atoms. The predicted octanol–water partition coefficient (Wildman–Crippen LogP) is 6.23. The van der Waals surface area contributed by atoms with Crippen molar-refractivity contribution in [3.05, 3.63) is 101 Å². The third-order valence-corrected chi connectivity index (χ3v) is 6.31. The molecular weight excluding hydrogens is 410 g/mol. The van der Waals surface area contributed by atoms with E-state index in [1.54, 1.807) is 23.9 Å². The van der Waals surface area contributed by atoms with Crippen molar-refractivity contribution in [2.24, 2.45) is 0 Å². The van der Waals surface area contributed by atoms with Crippen molar-refractivity contribution >= 4 is 34.1 Å². The number of hydrogen-bond acceptors (Lipinski definition) is 5. The summed E-state index contributed by atoms with van der Waals surface area (Å²) in [5.41, 5.74) is 4.23. The van der Waals surface area contributed by atoms with E-state index in [-0.39, 0.29) is 5.91 Å². The van der Waals surface area contributed by atoms with Gasteiger partial charge in [0.2, 0.25) is 0 Å². The smallest absolute Gasteiger partial charge is 0.258 e. The summed E-state index contributed by atoms with van der Waals surface area (Å²) in [4.78, 5) is 18.3. The lowest BCUT2D eigenvalue weighted by molar-refractivity contribution is 0.102. The van der Waals surface area contributed by atoms with Crippen LogP contribution in [-0.2, 0) is 5.75 Å². The molecule has 0 saturated carbocycles. The molecule has 30 heavy (non-hydrogen) atoms. The highest BCUT2D eigenvalue weighted by Crippen LogP contribution is 2.29. The molecule has 0 atom stereocenters. The highest BCUT2D eigenvalue weighted by molar-refractivity contribution is 7.98. The SMILES string of the molecule is N#Cc1ccc(CSc2ccccc2C(=O)Nc2nc(-c3ccccc3)cs2)cc1. The van der Waals surface area contributed by atoms with Crippen molar-refractivity contribution in [2.75, 3.05) is 5.32 Å². The van der Waals surface area contributed by atoms with Crippen LogP contribution in [0.4, 0.5) is 5.13 Å². The van der Waals surface area contributed by atoms with Crippen molar-refractivity contribution in [1.82, 2.24) is 4.98 Å². The molecule has 6 heteroatoms. The molecule has 3 aromatic carbocycles. The minimum atomic E-state index is -0.174. The van der Waals surface area contributed by atoms with Gasteiger partial charge in [0, 0.05) is 21.6 Å². The van der Waals surface area contributed by atoms with Gasteiger partial charge in [-0.1, -0.05) is 54.6 Å². The molecule has 0 aliphatic rings. The molecule has 4 nitrogen and oxygen atoms in total. The van der Waals surface area contributed by atoms with Crippen molar-refractivity contribution in [3.8, 4) is 17.3 Å². The number of nitrogens with zero attached hydrogens (tertiary/aromatic N) is 2. The van der Waals surface area contributed by atoms with Gasteiger partial charge in [0.1, 0.15) is 0 Å². The summed E-state index contributed by atoms with van der Waals surface area (Å²) < 4.78 is 0. The Balaban J connectivity index is 1.46. The lowest BCUT2D eigenvalue weighted by Crippen LogP contribution is -2.12. The number of nitriles is 1. The van der Waals surface area contributed by atoms with E-state index in [0.29, 0.717) is 22.0 Å². The average Bonchev–Trinajstić information content (AvgIpc) is 3.27. The zero-order chi connectivity index (χ0) is 20.8. The maximum absolute atomic E-state index is 12.9. The lowest BCUT2D eigenvalue weighted by atomic mass is 10.2. The van der Waals surface area contributed by atoms with Crippen LogP contribution in [0.1, 0.15) is 21.5 Å². The number of hydrogen-bond donors (Lipinski definition) is 1. The normalized spacial score (nSPS) is 10.4. The fourth-order valence-corrected chi connectivity index (χ4v) is 4.57. The van der Waals surface area contributed by atoms with E-state index in [0.717, 1.165) is 21.7 Å². The number of anilines is 1. The zero-order valence-corrected chi connectivity index (χ0v) is 17.5. The van der Waals surface area contributed by atoms with Crippen LogP contribution in [0.3, 0.4) is 0 Å². The summed E-state index contributed by atoms with van der Waals surface area (Å²) >= 11 is 3.00. The summed E-state index contributed by atoms with van der Waals surface area (Å²) in [5, 5.41) is 14.4. The molecule has 4 aromatic rings. The molecule has 1 heterocycles. The maximum atomic E-state index is 12.9. The van der Waals surface area contributed by atoms with E-state index in [1.807, 2.05) is 72.1 Å². The molecule has 0 unspecified atom stereocenters. The Bertz CT molecular complexity index is 1200. The highest BCUT2D eigenvalue weighted by Gasteiger charge is 2.14. The van der Waals surface area contributed by atoms with E-state index in [4.69, 9.17) is 5.26 Å². The Kier molecular flexibility index (Phi) is 6.23. The monoisotopic (exact) mass is 427 g/mol. The number of thiazole rings is 1. The number of aromatic nitrogens is 1. The van der Waals surface area contributed by atoms with Gasteiger partial charge < -0.3 is 0 Å². The van der Waals surface area contributed by atoms with Crippen LogP contribution in [0.25, 0.3) is 11.3 Å². The number of thioether (sulfide) groups is 1. The summed E-state index contributed by atoms with van der Waals surface area (Å²) in [6, 6.07) is 27.1. The van der Waals surface area contributed by atoms with E-state index < -0.39 is 0 Å². The lowest BCUT2D eigenvalue weighted by Gasteiger charge is -2.09. The number of carbonyl (C=O) groups is 1. The van der Waals surface area contributed by atoms with E-state index in [1.165, 1.54) is 11.3 Å². The van der Waals surface area contributed by atoms with Gasteiger partial charge in [0.05, 0.1) is 22.9 Å². The molecular formula is C24H17N3OS2. The van der Waals surface area contributed by atoms with Crippen LogP contribution >= 0.6 is 23.1 Å². The predicted molar refractivity (Wildman–Crippen MR) is 123 cm³/mol. The Morgan fingerprint density at radius 3 is 2.50 bits per heavy atom. The van der Waals surface area contributed by atoms with Crippen LogP contribution in [-0.4, -0.2) is 10.9 Å². The van der Waals surface area contributed by atoms with Gasteiger partial charge >= 0.3 is 0 Å². The molecule has 1 amide bonds. The summed E-state index contributed by atoms with van der Waals surface area (Å²) in [6.45, 7) is 0. The topological polar surface area (TPSA) is 65.8 Å². The summed E-state index contributed by atoms with van der Waals surface area (Å²) in [5.74, 6) is 0.540. The molecule has 146 valence electrons. The first-order chi connectivity index (χ1) is 14.7. The standard InChI is InChI=1S/C24H17N3OS2/c25-14-17-10-12-18(13-11-17)15-29-22-9-5-4-8-20(22)23(28)27-24-26-21(16-30-24)19-6-2-1-3-7-19/h1-13,16H,15H2,(H,26,27,28). The van der Waals surface area contributed by atoms with Crippen molar-refractivity contribution in [1.29, 1.82) is 5.26 Å². The number of benzene rings is 3. The highest BCUT2D eigenvalue weighted by atomic mass is 32.2. The molecule has 0 radical (unpaired) electrons. The largest absolute Gasteiger partial charge is 0.298 e. The van der Waals surface area contributed by atoms with Gasteiger partial charge in [-0.15, -0.1) is 23.1 Å². The molecule has 1 aromatic heterocycles. The molecule has 0 fully saturated rings. The van der Waals surface area contributed by atoms with Crippen molar-refractivity contribution in [3.63, 3.8) is 0 Å². The first-order valence-corrected chi connectivity index (χ1v) is 11.1. The zero-order valence-electron chi connectivity index (χ0n) is 15.9. The molecule has 0 spiro atoms. The van der Waals surface area contributed by atoms with E-state index >= 15 is 0 Å². The summed E-state index contributed by atoms with van der Waals surface area (Å²) in [7, 11) is 0. The minimum Gasteiger partial charge on any atom is -0.298 e. The van der Waals surface area contributed by atoms with Gasteiger partial charge in [-0.05, 0) is 29.8 Å². The van der Waals surface area contributed by atoms with Gasteiger partial charge in [-0.3, -0.25) is 10.1 Å². The first-order valence-electron chi connectivity index (χ1n) is 9.26. The molecule has 0 saturated heterocycles. The maximum Gasteiger partial charge on any atom is 0.258 e. The Hall–Kier alpha value is -3.40. The second-order valence-corrected chi connectivity index (χ2v) is 8.33. The fourth-order valence-electron chi connectivity index (χ4n) is 2.85. The molecule has 4 rings (SSSR count). The molecule has 0 aliphatic carbocycles. The average molecular weight is 428 g/mol. The van der Waals surface area contributed by atoms with Crippen LogP contribution < -0.4 is 5.32 Å². The molecule has 0 aliphatic heterocycles. The van der Waals surface area contributed by atoms with Gasteiger partial charge in [-0.2, -0.15) is 5.26 Å². The second-order valence-electron chi connectivity index (χ2n) is 6.45. The van der Waals surface area contributed by atoms with Crippen LogP contribution in [0.15, 0.2) is 89.1 Å². The fraction of sp³-hybridized carbons (Fsp3) is 0.0417. The van der Waals surface area contributed by atoms with Crippen molar-refractivity contribution < 1.29 is 4.79 Å². The number of rotatable bonds is 6. The van der Waals surface area contributed by atoms with Gasteiger partial charge in [0.15, 0.2) is 5.13 Å². The third kappa shape index (κ3) is 4.77. The van der Waals surface area contributed by atoms with E-state index in [9.17, 15) is 4.79 Å². The van der Waals surface area contributed by atoms with Crippen LogP contribution in [0, 0.1) is 11.3 Å². The van der Waals surface area contributed by atoms with Crippen molar-refractivity contribution in [2.45, 2.75) is 10.6 Å². The Morgan fingerprint density at radius 2 is 1.73 bits per heavy atom.